The summed E-state index contributed by atoms with van der Waals surface area (Å²) in [5, 5.41) is 9.97. The van der Waals surface area contributed by atoms with Gasteiger partial charge in [0.05, 0.1) is 6.54 Å². The standard InChI is InChI=1S/C17H25N5O2/c1-2-7-21-9-5-15(6-10-21)22-8-3-4-14(13-22)11-18-17(23)16-12-19-24-20-16/h1,12,14-15H,3-11,13H2,(H,18,23). The van der Waals surface area contributed by atoms with E-state index in [0.717, 1.165) is 39.1 Å². The van der Waals surface area contributed by atoms with Crippen molar-refractivity contribution >= 4 is 5.91 Å². The quantitative estimate of drug-likeness (QED) is 0.797. The number of carbonyl (C=O) groups is 1. The molecule has 7 nitrogen and oxygen atoms in total. The molecule has 2 aliphatic heterocycles. The van der Waals surface area contributed by atoms with E-state index in [0.29, 0.717) is 18.5 Å². The van der Waals surface area contributed by atoms with Crippen LogP contribution in [0.2, 0.25) is 0 Å². The third-order valence-electron chi connectivity index (χ3n) is 5.08. The first-order valence-corrected chi connectivity index (χ1v) is 8.72. The lowest BCUT2D eigenvalue weighted by atomic mass is 9.93. The van der Waals surface area contributed by atoms with E-state index in [4.69, 9.17) is 6.42 Å². The van der Waals surface area contributed by atoms with Gasteiger partial charge in [0.15, 0.2) is 5.69 Å². The lowest BCUT2D eigenvalue weighted by Crippen LogP contribution is -2.50. The van der Waals surface area contributed by atoms with Crippen LogP contribution in [0.25, 0.3) is 0 Å². The van der Waals surface area contributed by atoms with Crippen LogP contribution in [0.4, 0.5) is 0 Å². The zero-order chi connectivity index (χ0) is 16.8. The number of terminal acetylenes is 1. The SMILES string of the molecule is C#CCN1CCC(N2CCCC(CNC(=O)c3cnon3)C2)CC1. The van der Waals surface area contributed by atoms with Crippen LogP contribution in [0.15, 0.2) is 10.8 Å². The Balaban J connectivity index is 1.43. The Kier molecular flexibility index (Phi) is 5.83. The Morgan fingerprint density at radius 2 is 2.21 bits per heavy atom. The molecule has 0 aromatic carbocycles. The molecule has 1 aromatic heterocycles. The molecular weight excluding hydrogens is 306 g/mol. The number of hydrogen-bond donors (Lipinski definition) is 1. The summed E-state index contributed by atoms with van der Waals surface area (Å²) in [5.41, 5.74) is 0.239. The van der Waals surface area contributed by atoms with Crippen molar-refractivity contribution in [1.82, 2.24) is 25.4 Å². The Labute approximate surface area is 142 Å². The molecule has 2 fully saturated rings. The van der Waals surface area contributed by atoms with E-state index in [1.165, 1.54) is 25.5 Å². The normalized spacial score (nSPS) is 23.7. The molecule has 1 unspecified atom stereocenters. The highest BCUT2D eigenvalue weighted by molar-refractivity contribution is 5.91. The number of hydrogen-bond acceptors (Lipinski definition) is 6. The molecular formula is C17H25N5O2. The van der Waals surface area contributed by atoms with Crippen LogP contribution < -0.4 is 5.32 Å². The molecule has 2 aliphatic rings. The van der Waals surface area contributed by atoms with Crippen LogP contribution in [0, 0.1) is 18.3 Å². The van der Waals surface area contributed by atoms with Crippen molar-refractivity contribution in [2.45, 2.75) is 31.7 Å². The summed E-state index contributed by atoms with van der Waals surface area (Å²) in [5.74, 6) is 3.01. The number of rotatable bonds is 5. The van der Waals surface area contributed by atoms with Crippen LogP contribution in [-0.4, -0.2) is 71.3 Å². The van der Waals surface area contributed by atoms with Gasteiger partial charge in [0.25, 0.3) is 5.91 Å². The van der Waals surface area contributed by atoms with Crippen molar-refractivity contribution in [3.63, 3.8) is 0 Å². The number of nitrogens with zero attached hydrogens (tertiary/aromatic N) is 4. The second kappa shape index (κ2) is 8.27. The highest BCUT2D eigenvalue weighted by Gasteiger charge is 2.28. The summed E-state index contributed by atoms with van der Waals surface area (Å²) in [4.78, 5) is 16.9. The summed E-state index contributed by atoms with van der Waals surface area (Å²) < 4.78 is 4.46. The van der Waals surface area contributed by atoms with Crippen LogP contribution in [0.5, 0.6) is 0 Å². The van der Waals surface area contributed by atoms with E-state index < -0.39 is 0 Å². The highest BCUT2D eigenvalue weighted by atomic mass is 16.6. The number of amides is 1. The first kappa shape index (κ1) is 16.9. The predicted octanol–water partition coefficient (Wildman–Crippen LogP) is 0.609. The minimum atomic E-state index is -0.212. The van der Waals surface area contributed by atoms with Gasteiger partial charge in [-0.15, -0.1) is 6.42 Å². The molecule has 0 bridgehead atoms. The minimum absolute atomic E-state index is 0.212. The molecule has 0 spiro atoms. The summed E-state index contributed by atoms with van der Waals surface area (Å²) in [6, 6.07) is 0.650. The van der Waals surface area contributed by atoms with Crippen LogP contribution >= 0.6 is 0 Å². The largest absolute Gasteiger partial charge is 0.350 e. The van der Waals surface area contributed by atoms with Crippen LogP contribution in [0.3, 0.4) is 0 Å². The Bertz CT molecular complexity index is 560. The molecule has 1 amide bonds. The Morgan fingerprint density at radius 3 is 2.92 bits per heavy atom. The first-order valence-electron chi connectivity index (χ1n) is 8.72. The maximum atomic E-state index is 11.9. The number of nitrogens with one attached hydrogen (secondary N) is 1. The molecule has 7 heteroatoms. The molecule has 1 aromatic rings. The third kappa shape index (κ3) is 4.34. The van der Waals surface area contributed by atoms with Crippen molar-refractivity contribution in [3.05, 3.63) is 11.9 Å². The van der Waals surface area contributed by atoms with E-state index in [1.54, 1.807) is 0 Å². The second-order valence-corrected chi connectivity index (χ2v) is 6.72. The van der Waals surface area contributed by atoms with Gasteiger partial charge in [-0.05, 0) is 43.3 Å². The molecule has 3 rings (SSSR count). The van der Waals surface area contributed by atoms with Crippen molar-refractivity contribution in [1.29, 1.82) is 0 Å². The van der Waals surface area contributed by atoms with Crippen molar-refractivity contribution in [3.8, 4) is 12.3 Å². The maximum absolute atomic E-state index is 11.9. The van der Waals surface area contributed by atoms with Gasteiger partial charge >= 0.3 is 0 Å². The molecule has 2 saturated heterocycles. The molecule has 0 aliphatic carbocycles. The van der Waals surface area contributed by atoms with Crippen LogP contribution in [-0.2, 0) is 0 Å². The van der Waals surface area contributed by atoms with Gasteiger partial charge in [-0.2, -0.15) is 0 Å². The molecule has 24 heavy (non-hydrogen) atoms. The van der Waals surface area contributed by atoms with Gasteiger partial charge in [-0.3, -0.25) is 14.6 Å². The fraction of sp³-hybridized carbons (Fsp3) is 0.706. The number of piperidine rings is 2. The first-order chi connectivity index (χ1) is 11.8. The van der Waals surface area contributed by atoms with Gasteiger partial charge < -0.3 is 5.32 Å². The summed E-state index contributed by atoms with van der Waals surface area (Å²) in [6.07, 6.45) is 11.5. The average molecular weight is 331 g/mol. The summed E-state index contributed by atoms with van der Waals surface area (Å²) in [7, 11) is 0. The Morgan fingerprint density at radius 1 is 1.38 bits per heavy atom. The highest BCUT2D eigenvalue weighted by Crippen LogP contribution is 2.23. The van der Waals surface area contributed by atoms with E-state index >= 15 is 0 Å². The van der Waals surface area contributed by atoms with Gasteiger partial charge in [0.1, 0.15) is 6.20 Å². The van der Waals surface area contributed by atoms with Gasteiger partial charge in [-0.1, -0.05) is 11.1 Å². The molecule has 0 radical (unpaired) electrons. The fourth-order valence-electron chi connectivity index (χ4n) is 3.76. The maximum Gasteiger partial charge on any atom is 0.275 e. The average Bonchev–Trinajstić information content (AvgIpc) is 3.16. The van der Waals surface area contributed by atoms with E-state index in [1.807, 2.05) is 0 Å². The van der Waals surface area contributed by atoms with Gasteiger partial charge in [0, 0.05) is 32.2 Å². The predicted molar refractivity (Wildman–Crippen MR) is 89.2 cm³/mol. The fourth-order valence-corrected chi connectivity index (χ4v) is 3.76. The van der Waals surface area contributed by atoms with E-state index in [2.05, 4.69) is 36.0 Å². The van der Waals surface area contributed by atoms with Gasteiger partial charge in [0.2, 0.25) is 0 Å². The smallest absolute Gasteiger partial charge is 0.275 e. The molecule has 1 atom stereocenters. The third-order valence-corrected chi connectivity index (χ3v) is 5.08. The van der Waals surface area contributed by atoms with Crippen molar-refractivity contribution in [2.24, 2.45) is 5.92 Å². The number of likely N-dealkylation sites (tertiary alicyclic amines) is 2. The molecule has 0 saturated carbocycles. The second-order valence-electron chi connectivity index (χ2n) is 6.72. The van der Waals surface area contributed by atoms with E-state index in [9.17, 15) is 4.79 Å². The van der Waals surface area contributed by atoms with E-state index in [-0.39, 0.29) is 11.6 Å². The summed E-state index contributed by atoms with van der Waals surface area (Å²) in [6.45, 7) is 5.84. The van der Waals surface area contributed by atoms with Crippen LogP contribution in [0.1, 0.15) is 36.2 Å². The van der Waals surface area contributed by atoms with Crippen molar-refractivity contribution in [2.75, 3.05) is 39.3 Å². The number of carbonyl (C=O) groups excluding carboxylic acids is 1. The number of aromatic nitrogens is 2. The monoisotopic (exact) mass is 331 g/mol. The molecule has 130 valence electrons. The lowest BCUT2D eigenvalue weighted by Gasteiger charge is -2.42. The topological polar surface area (TPSA) is 74.5 Å². The Hall–Kier alpha value is -1.91. The zero-order valence-electron chi connectivity index (χ0n) is 14.0. The van der Waals surface area contributed by atoms with Crippen molar-refractivity contribution < 1.29 is 9.42 Å². The zero-order valence-corrected chi connectivity index (χ0v) is 14.0. The lowest BCUT2D eigenvalue weighted by molar-refractivity contribution is 0.0726. The van der Waals surface area contributed by atoms with Gasteiger partial charge in [-0.25, -0.2) is 4.63 Å². The molecule has 1 N–H and O–H groups in total. The molecule has 3 heterocycles. The summed E-state index contributed by atoms with van der Waals surface area (Å²) >= 11 is 0. The minimum Gasteiger partial charge on any atom is -0.350 e.